The number of furan rings is 1. The molecule has 0 saturated carbocycles. The van der Waals surface area contributed by atoms with Gasteiger partial charge in [-0.25, -0.2) is 4.39 Å². The summed E-state index contributed by atoms with van der Waals surface area (Å²) in [6, 6.07) is 20.4. The van der Waals surface area contributed by atoms with E-state index in [4.69, 9.17) is 13.0 Å². The van der Waals surface area contributed by atoms with Crippen molar-refractivity contribution in [3.63, 3.8) is 0 Å². The maximum Gasteiger partial charge on any atom is 0.277 e. The minimum Gasteiger partial charge on any atom is -0.464 e. The highest BCUT2D eigenvalue weighted by atomic mass is 32.2. The van der Waals surface area contributed by atoms with Gasteiger partial charge >= 0.3 is 0 Å². The maximum atomic E-state index is 13.4. The Labute approximate surface area is 217 Å². The average Bonchev–Trinajstić information content (AvgIpc) is 3.50. The average molecular weight is 528 g/mol. The van der Waals surface area contributed by atoms with Crippen LogP contribution in [0.5, 0.6) is 0 Å². The number of hydrogen-bond acceptors (Lipinski definition) is 8. The molecule has 0 atom stereocenters. The lowest BCUT2D eigenvalue weighted by molar-refractivity contribution is 0.466. The summed E-state index contributed by atoms with van der Waals surface area (Å²) in [5.41, 5.74) is 5.46. The molecule has 10 heteroatoms. The standard InChI is InChI=1S/C25H20FN3O3S2.H2S/c1-29(34-30-2)20-9-6-17(7-10-20)22-14-31-23-11-8-18(13-21(22)23)24-27-28-25(32-24)33-15-16-4-3-5-19(26)12-16;/h3-14H,15H2,1-2H3;1H2. The lowest BCUT2D eigenvalue weighted by Gasteiger charge is -2.15. The van der Waals surface area contributed by atoms with E-state index in [0.717, 1.165) is 38.9 Å². The Morgan fingerprint density at radius 1 is 1.00 bits per heavy atom. The molecule has 6 nitrogen and oxygen atoms in total. The number of fused-ring (bicyclic) bond motifs is 1. The highest BCUT2D eigenvalue weighted by molar-refractivity contribution is 7.98. The van der Waals surface area contributed by atoms with Crippen molar-refractivity contribution in [1.29, 1.82) is 0 Å². The molecule has 0 aliphatic rings. The van der Waals surface area contributed by atoms with E-state index in [1.807, 2.05) is 59.9 Å². The second-order valence-electron chi connectivity index (χ2n) is 7.44. The first kappa shape index (κ1) is 25.2. The predicted molar refractivity (Wildman–Crippen MR) is 144 cm³/mol. The molecule has 2 aromatic heterocycles. The van der Waals surface area contributed by atoms with Crippen LogP contribution in [0.25, 0.3) is 33.6 Å². The summed E-state index contributed by atoms with van der Waals surface area (Å²) in [4.78, 5) is 0. The molecule has 0 saturated heterocycles. The molecule has 0 fully saturated rings. The summed E-state index contributed by atoms with van der Waals surface area (Å²) in [5.74, 6) is 0.701. The molecule has 180 valence electrons. The van der Waals surface area contributed by atoms with Crippen LogP contribution < -0.4 is 4.31 Å². The van der Waals surface area contributed by atoms with Crippen molar-refractivity contribution in [3.05, 3.63) is 84.4 Å². The van der Waals surface area contributed by atoms with Crippen LogP contribution in [0.15, 0.2) is 87.1 Å². The van der Waals surface area contributed by atoms with Gasteiger partial charge in [0.15, 0.2) is 0 Å². The molecule has 0 amide bonds. The summed E-state index contributed by atoms with van der Waals surface area (Å²) < 4.78 is 32.1. The van der Waals surface area contributed by atoms with Crippen molar-refractivity contribution in [2.75, 3.05) is 18.5 Å². The third kappa shape index (κ3) is 5.67. The van der Waals surface area contributed by atoms with Crippen molar-refractivity contribution >= 4 is 54.1 Å². The zero-order chi connectivity index (χ0) is 23.5. The highest BCUT2D eigenvalue weighted by Crippen LogP contribution is 2.35. The summed E-state index contributed by atoms with van der Waals surface area (Å²) in [6.45, 7) is 0. The van der Waals surface area contributed by atoms with Gasteiger partial charge < -0.3 is 13.0 Å². The van der Waals surface area contributed by atoms with Crippen molar-refractivity contribution in [2.45, 2.75) is 11.0 Å². The van der Waals surface area contributed by atoms with Crippen LogP contribution in [-0.2, 0) is 9.94 Å². The van der Waals surface area contributed by atoms with Gasteiger partial charge in [-0.3, -0.25) is 4.31 Å². The molecule has 0 bridgehead atoms. The number of rotatable bonds is 8. The van der Waals surface area contributed by atoms with E-state index in [9.17, 15) is 4.39 Å². The van der Waals surface area contributed by atoms with Crippen LogP contribution in [-0.4, -0.2) is 24.4 Å². The van der Waals surface area contributed by atoms with Crippen molar-refractivity contribution in [3.8, 4) is 22.6 Å². The second-order valence-corrected chi connectivity index (χ2v) is 9.39. The first-order valence-electron chi connectivity index (χ1n) is 10.4. The van der Waals surface area contributed by atoms with E-state index in [-0.39, 0.29) is 19.3 Å². The molecule has 5 rings (SSSR count). The summed E-state index contributed by atoms with van der Waals surface area (Å²) in [5, 5.41) is 9.71. The molecule has 3 aromatic carbocycles. The van der Waals surface area contributed by atoms with Gasteiger partial charge in [-0.15, -0.1) is 10.2 Å². The predicted octanol–water partition coefficient (Wildman–Crippen LogP) is 7.34. The minimum absolute atomic E-state index is 0. The van der Waals surface area contributed by atoms with Crippen LogP contribution in [0.4, 0.5) is 10.1 Å². The van der Waals surface area contributed by atoms with Crippen LogP contribution in [0.1, 0.15) is 5.56 Å². The van der Waals surface area contributed by atoms with Gasteiger partial charge in [-0.1, -0.05) is 36.0 Å². The van der Waals surface area contributed by atoms with E-state index < -0.39 is 0 Å². The van der Waals surface area contributed by atoms with Gasteiger partial charge in [0.1, 0.15) is 23.6 Å². The van der Waals surface area contributed by atoms with E-state index >= 15 is 0 Å². The molecular formula is C25H22FN3O3S3. The normalized spacial score (nSPS) is 10.9. The second kappa shape index (κ2) is 11.2. The summed E-state index contributed by atoms with van der Waals surface area (Å²) in [6.07, 6.45) is 1.76. The van der Waals surface area contributed by atoms with Gasteiger partial charge in [-0.05, 0) is 53.6 Å². The summed E-state index contributed by atoms with van der Waals surface area (Å²) in [7, 11) is 3.58. The lowest BCUT2D eigenvalue weighted by Crippen LogP contribution is -2.05. The fourth-order valence-electron chi connectivity index (χ4n) is 3.55. The van der Waals surface area contributed by atoms with E-state index in [2.05, 4.69) is 10.2 Å². The Morgan fingerprint density at radius 3 is 2.57 bits per heavy atom. The first-order valence-corrected chi connectivity index (χ1v) is 12.1. The van der Waals surface area contributed by atoms with Crippen LogP contribution in [0.3, 0.4) is 0 Å². The largest absolute Gasteiger partial charge is 0.464 e. The Kier molecular flexibility index (Phi) is 8.07. The first-order chi connectivity index (χ1) is 16.6. The Bertz CT molecular complexity index is 1420. The molecule has 0 radical (unpaired) electrons. The Morgan fingerprint density at radius 2 is 1.80 bits per heavy atom. The van der Waals surface area contributed by atoms with E-state index in [1.54, 1.807) is 19.4 Å². The molecule has 0 aliphatic heterocycles. The third-order valence-corrected chi connectivity index (χ3v) is 6.68. The number of anilines is 1. The molecular weight excluding hydrogens is 505 g/mol. The van der Waals surface area contributed by atoms with Crippen LogP contribution >= 0.6 is 37.5 Å². The molecule has 5 aromatic rings. The summed E-state index contributed by atoms with van der Waals surface area (Å²) >= 11 is 2.64. The van der Waals surface area contributed by atoms with Gasteiger partial charge in [-0.2, -0.15) is 13.5 Å². The maximum absolute atomic E-state index is 13.4. The van der Waals surface area contributed by atoms with E-state index in [1.165, 1.54) is 36.1 Å². The number of aromatic nitrogens is 2. The fraction of sp³-hybridized carbons (Fsp3) is 0.120. The van der Waals surface area contributed by atoms with Crippen molar-refractivity contribution in [1.82, 2.24) is 10.2 Å². The number of thioether (sulfide) groups is 1. The lowest BCUT2D eigenvalue weighted by atomic mass is 10.0. The fourth-order valence-corrected chi connectivity index (χ4v) is 4.69. The van der Waals surface area contributed by atoms with Gasteiger partial charge in [0.2, 0.25) is 5.89 Å². The number of hydrogen-bond donors (Lipinski definition) is 0. The van der Waals surface area contributed by atoms with Crippen LogP contribution in [0, 0.1) is 5.82 Å². The number of benzene rings is 3. The minimum atomic E-state index is -0.260. The third-order valence-electron chi connectivity index (χ3n) is 5.21. The van der Waals surface area contributed by atoms with Crippen molar-refractivity contribution in [2.24, 2.45) is 0 Å². The van der Waals surface area contributed by atoms with Gasteiger partial charge in [0.05, 0.1) is 13.4 Å². The smallest absolute Gasteiger partial charge is 0.277 e. The number of nitrogens with zero attached hydrogens (tertiary/aromatic N) is 3. The monoisotopic (exact) mass is 527 g/mol. The van der Waals surface area contributed by atoms with Gasteiger partial charge in [0, 0.05) is 35.0 Å². The molecule has 0 unspecified atom stereocenters. The SMILES string of the molecule is COSN(C)c1ccc(-c2coc3ccc(-c4nnc(SCc5cccc(F)c5)o4)cc23)cc1.S. The Balaban J connectivity index is 0.00000289. The number of halogens is 1. The van der Waals surface area contributed by atoms with Crippen LogP contribution in [0.2, 0.25) is 0 Å². The molecule has 2 heterocycles. The zero-order valence-corrected chi connectivity index (χ0v) is 21.5. The molecule has 35 heavy (non-hydrogen) atoms. The molecule has 0 aliphatic carbocycles. The quantitative estimate of drug-likeness (QED) is 0.118. The highest BCUT2D eigenvalue weighted by Gasteiger charge is 2.14. The van der Waals surface area contributed by atoms with Crippen molar-refractivity contribution < 1.29 is 17.4 Å². The topological polar surface area (TPSA) is 64.5 Å². The molecule has 0 spiro atoms. The molecule has 0 N–H and O–H groups in total. The zero-order valence-electron chi connectivity index (χ0n) is 18.9. The van der Waals surface area contributed by atoms with Gasteiger partial charge in [0.25, 0.3) is 5.22 Å². The van der Waals surface area contributed by atoms with E-state index in [0.29, 0.717) is 16.9 Å². The Hall–Kier alpha value is -2.92.